The molecule has 0 aliphatic carbocycles. The fourth-order valence-electron chi connectivity index (χ4n) is 1.26. The van der Waals surface area contributed by atoms with Crippen molar-refractivity contribution in [2.24, 2.45) is 5.73 Å². The lowest BCUT2D eigenvalue weighted by atomic mass is 10.2. The number of thioether (sulfide) groups is 1. The standard InChI is InChI=1S/C12H18BrNOS/c1-9(14)5-6-16-8-10-3-4-12(15-2)11(13)7-10/h3-4,7,9H,5-6,8,14H2,1-2H3. The van der Waals surface area contributed by atoms with E-state index in [0.29, 0.717) is 6.04 Å². The Balaban J connectivity index is 2.40. The number of nitrogens with two attached hydrogens (primary N) is 1. The van der Waals surface area contributed by atoms with Crippen LogP contribution in [0.3, 0.4) is 0 Å². The molecule has 0 saturated carbocycles. The highest BCUT2D eigenvalue weighted by atomic mass is 79.9. The van der Waals surface area contributed by atoms with Crippen LogP contribution < -0.4 is 10.5 Å². The van der Waals surface area contributed by atoms with E-state index in [2.05, 4.69) is 28.1 Å². The molecule has 90 valence electrons. The minimum atomic E-state index is 0.301. The lowest BCUT2D eigenvalue weighted by Crippen LogP contribution is -2.15. The first-order valence-electron chi connectivity index (χ1n) is 5.29. The predicted octanol–water partition coefficient (Wildman–Crippen LogP) is 3.43. The molecule has 0 aromatic heterocycles. The molecule has 2 N–H and O–H groups in total. The van der Waals surface area contributed by atoms with E-state index in [1.165, 1.54) is 5.56 Å². The third kappa shape index (κ3) is 4.76. The highest BCUT2D eigenvalue weighted by Crippen LogP contribution is 2.27. The van der Waals surface area contributed by atoms with Crippen LogP contribution in [0.4, 0.5) is 0 Å². The molecule has 1 rings (SSSR count). The van der Waals surface area contributed by atoms with Crippen LogP contribution in [-0.4, -0.2) is 18.9 Å². The topological polar surface area (TPSA) is 35.2 Å². The first-order valence-corrected chi connectivity index (χ1v) is 7.24. The van der Waals surface area contributed by atoms with E-state index in [0.717, 1.165) is 28.1 Å². The van der Waals surface area contributed by atoms with Crippen LogP contribution in [0.15, 0.2) is 22.7 Å². The van der Waals surface area contributed by atoms with Crippen molar-refractivity contribution in [3.8, 4) is 5.75 Å². The highest BCUT2D eigenvalue weighted by molar-refractivity contribution is 9.10. The number of hydrogen-bond acceptors (Lipinski definition) is 3. The lowest BCUT2D eigenvalue weighted by Gasteiger charge is -2.07. The van der Waals surface area contributed by atoms with Gasteiger partial charge in [-0.05, 0) is 52.7 Å². The summed E-state index contributed by atoms with van der Waals surface area (Å²) in [6, 6.07) is 6.50. The van der Waals surface area contributed by atoms with E-state index in [9.17, 15) is 0 Å². The van der Waals surface area contributed by atoms with Gasteiger partial charge in [-0.15, -0.1) is 0 Å². The van der Waals surface area contributed by atoms with E-state index < -0.39 is 0 Å². The Labute approximate surface area is 110 Å². The molecule has 0 heterocycles. The molecule has 0 aliphatic rings. The Hall–Kier alpha value is -0.190. The fourth-order valence-corrected chi connectivity index (χ4v) is 2.95. The lowest BCUT2D eigenvalue weighted by molar-refractivity contribution is 0.412. The Kier molecular flexibility index (Phi) is 6.24. The van der Waals surface area contributed by atoms with Crippen molar-refractivity contribution in [1.29, 1.82) is 0 Å². The van der Waals surface area contributed by atoms with Crippen molar-refractivity contribution >= 4 is 27.7 Å². The van der Waals surface area contributed by atoms with Gasteiger partial charge in [0.05, 0.1) is 11.6 Å². The molecule has 1 aromatic rings. The Morgan fingerprint density at radius 1 is 1.50 bits per heavy atom. The average Bonchev–Trinajstić information content (AvgIpc) is 2.24. The Morgan fingerprint density at radius 3 is 2.81 bits per heavy atom. The summed E-state index contributed by atoms with van der Waals surface area (Å²) in [5.74, 6) is 3.01. The zero-order chi connectivity index (χ0) is 12.0. The molecule has 0 radical (unpaired) electrons. The van der Waals surface area contributed by atoms with Gasteiger partial charge in [-0.25, -0.2) is 0 Å². The van der Waals surface area contributed by atoms with Crippen LogP contribution in [-0.2, 0) is 5.75 Å². The average molecular weight is 304 g/mol. The summed E-state index contributed by atoms with van der Waals surface area (Å²) in [7, 11) is 1.68. The number of rotatable bonds is 6. The van der Waals surface area contributed by atoms with Gasteiger partial charge in [0.2, 0.25) is 0 Å². The zero-order valence-electron chi connectivity index (χ0n) is 9.70. The van der Waals surface area contributed by atoms with Crippen LogP contribution >= 0.6 is 27.7 Å². The predicted molar refractivity (Wildman–Crippen MR) is 75.1 cm³/mol. The molecule has 0 bridgehead atoms. The first-order chi connectivity index (χ1) is 7.63. The van der Waals surface area contributed by atoms with Gasteiger partial charge in [0, 0.05) is 11.8 Å². The molecule has 1 atom stereocenters. The summed E-state index contributed by atoms with van der Waals surface area (Å²) in [5, 5.41) is 0. The number of benzene rings is 1. The molecule has 0 saturated heterocycles. The van der Waals surface area contributed by atoms with Gasteiger partial charge in [-0.2, -0.15) is 11.8 Å². The molecule has 0 amide bonds. The number of ether oxygens (including phenoxy) is 1. The van der Waals surface area contributed by atoms with Gasteiger partial charge in [0.25, 0.3) is 0 Å². The number of methoxy groups -OCH3 is 1. The van der Waals surface area contributed by atoms with Crippen LogP contribution in [0.5, 0.6) is 5.75 Å². The van der Waals surface area contributed by atoms with Crippen LogP contribution in [0.1, 0.15) is 18.9 Å². The maximum absolute atomic E-state index is 5.70. The minimum Gasteiger partial charge on any atom is -0.496 e. The number of hydrogen-bond donors (Lipinski definition) is 1. The molecular formula is C12H18BrNOS. The van der Waals surface area contributed by atoms with Gasteiger partial charge >= 0.3 is 0 Å². The van der Waals surface area contributed by atoms with E-state index >= 15 is 0 Å². The normalized spacial score (nSPS) is 12.5. The zero-order valence-corrected chi connectivity index (χ0v) is 12.1. The summed E-state index contributed by atoms with van der Waals surface area (Å²) in [6.07, 6.45) is 1.07. The van der Waals surface area contributed by atoms with E-state index in [1.807, 2.05) is 24.8 Å². The molecule has 1 unspecified atom stereocenters. The second-order valence-electron chi connectivity index (χ2n) is 3.79. The maximum atomic E-state index is 5.70. The first kappa shape index (κ1) is 13.9. The van der Waals surface area contributed by atoms with E-state index in [-0.39, 0.29) is 0 Å². The van der Waals surface area contributed by atoms with Crippen LogP contribution in [0.2, 0.25) is 0 Å². The van der Waals surface area contributed by atoms with Crippen molar-refractivity contribution < 1.29 is 4.74 Å². The summed E-state index contributed by atoms with van der Waals surface area (Å²) < 4.78 is 6.20. The molecule has 0 spiro atoms. The molecular weight excluding hydrogens is 286 g/mol. The van der Waals surface area contributed by atoms with Crippen LogP contribution in [0.25, 0.3) is 0 Å². The van der Waals surface area contributed by atoms with Gasteiger partial charge in [-0.1, -0.05) is 6.07 Å². The molecule has 0 fully saturated rings. The van der Waals surface area contributed by atoms with Crippen LogP contribution in [0, 0.1) is 0 Å². The van der Waals surface area contributed by atoms with Gasteiger partial charge in [0.15, 0.2) is 0 Å². The van der Waals surface area contributed by atoms with Crippen molar-refractivity contribution in [3.05, 3.63) is 28.2 Å². The Morgan fingerprint density at radius 2 is 2.25 bits per heavy atom. The van der Waals surface area contributed by atoms with Gasteiger partial charge in [-0.3, -0.25) is 0 Å². The molecule has 1 aromatic carbocycles. The van der Waals surface area contributed by atoms with E-state index in [1.54, 1.807) is 7.11 Å². The van der Waals surface area contributed by atoms with Gasteiger partial charge < -0.3 is 10.5 Å². The van der Waals surface area contributed by atoms with Crippen molar-refractivity contribution in [2.75, 3.05) is 12.9 Å². The molecule has 2 nitrogen and oxygen atoms in total. The summed E-state index contributed by atoms with van der Waals surface area (Å²) in [5.41, 5.74) is 7.00. The van der Waals surface area contributed by atoms with Crippen molar-refractivity contribution in [3.63, 3.8) is 0 Å². The number of halogens is 1. The van der Waals surface area contributed by atoms with E-state index in [4.69, 9.17) is 10.5 Å². The van der Waals surface area contributed by atoms with Gasteiger partial charge in [0.1, 0.15) is 5.75 Å². The molecule has 0 aliphatic heterocycles. The smallest absolute Gasteiger partial charge is 0.133 e. The summed E-state index contributed by atoms with van der Waals surface area (Å²) in [6.45, 7) is 2.05. The second kappa shape index (κ2) is 7.20. The largest absolute Gasteiger partial charge is 0.496 e. The SMILES string of the molecule is COc1ccc(CSCCC(C)N)cc1Br. The minimum absolute atomic E-state index is 0.301. The fraction of sp³-hybridized carbons (Fsp3) is 0.500. The summed E-state index contributed by atoms with van der Waals surface area (Å²) >= 11 is 5.40. The Bertz CT molecular complexity index is 331. The quantitative estimate of drug-likeness (QED) is 0.818. The molecule has 16 heavy (non-hydrogen) atoms. The third-order valence-electron chi connectivity index (χ3n) is 2.20. The maximum Gasteiger partial charge on any atom is 0.133 e. The monoisotopic (exact) mass is 303 g/mol. The van der Waals surface area contributed by atoms with Crippen molar-refractivity contribution in [1.82, 2.24) is 0 Å². The highest BCUT2D eigenvalue weighted by Gasteiger charge is 2.01. The summed E-state index contributed by atoms with van der Waals surface area (Å²) in [4.78, 5) is 0. The van der Waals surface area contributed by atoms with Crippen molar-refractivity contribution in [2.45, 2.75) is 25.1 Å². The third-order valence-corrected chi connectivity index (χ3v) is 3.88. The second-order valence-corrected chi connectivity index (χ2v) is 5.75. The molecule has 4 heteroatoms.